The van der Waals surface area contributed by atoms with Gasteiger partial charge in [-0.3, -0.25) is 14.4 Å². The van der Waals surface area contributed by atoms with E-state index in [1.54, 1.807) is 0 Å². The van der Waals surface area contributed by atoms with E-state index >= 15 is 0 Å². The normalized spacial score (nSPS) is 25.3. The summed E-state index contributed by atoms with van der Waals surface area (Å²) in [5.74, 6) is -2.08. The maximum absolute atomic E-state index is 12.3. The summed E-state index contributed by atoms with van der Waals surface area (Å²) in [6.07, 6.45) is 2.30. The number of methoxy groups -OCH3 is 3. The fraction of sp³-hybridized carbons (Fsp3) is 0.588. The second kappa shape index (κ2) is 6.18. The first kappa shape index (κ1) is 17.2. The van der Waals surface area contributed by atoms with Crippen LogP contribution in [0.1, 0.15) is 26.7 Å². The Morgan fingerprint density at radius 1 is 1.04 bits per heavy atom. The molecule has 0 radical (unpaired) electrons. The second-order valence-electron chi connectivity index (χ2n) is 6.11. The van der Waals surface area contributed by atoms with Crippen LogP contribution in [0.3, 0.4) is 0 Å². The average molecular weight is 322 g/mol. The van der Waals surface area contributed by atoms with E-state index < -0.39 is 23.3 Å². The Bertz CT molecular complexity index is 597. The molecule has 2 aliphatic rings. The monoisotopic (exact) mass is 322 g/mol. The van der Waals surface area contributed by atoms with Crippen LogP contribution in [0, 0.1) is 17.3 Å². The van der Waals surface area contributed by atoms with Crippen molar-refractivity contribution in [3.8, 4) is 0 Å². The predicted octanol–water partition coefficient (Wildman–Crippen LogP) is 1.79. The predicted molar refractivity (Wildman–Crippen MR) is 81.2 cm³/mol. The lowest BCUT2D eigenvalue weighted by molar-refractivity contribution is -0.168. The average Bonchev–Trinajstić information content (AvgIpc) is 2.98. The smallest absolute Gasteiger partial charge is 0.323 e. The van der Waals surface area contributed by atoms with Gasteiger partial charge in [-0.1, -0.05) is 24.1 Å². The molecule has 0 heterocycles. The Balaban J connectivity index is 2.42. The second-order valence-corrected chi connectivity index (χ2v) is 6.11. The third kappa shape index (κ3) is 2.56. The lowest BCUT2D eigenvalue weighted by Crippen LogP contribution is -2.39. The highest BCUT2D eigenvalue weighted by Crippen LogP contribution is 2.52. The van der Waals surface area contributed by atoms with Crippen molar-refractivity contribution >= 4 is 17.9 Å². The van der Waals surface area contributed by atoms with Gasteiger partial charge in [-0.05, 0) is 31.3 Å². The first-order valence-electron chi connectivity index (χ1n) is 7.47. The van der Waals surface area contributed by atoms with Crippen LogP contribution >= 0.6 is 0 Å². The molecule has 0 saturated carbocycles. The van der Waals surface area contributed by atoms with Crippen molar-refractivity contribution < 1.29 is 28.6 Å². The van der Waals surface area contributed by atoms with E-state index in [9.17, 15) is 14.4 Å². The van der Waals surface area contributed by atoms with Gasteiger partial charge >= 0.3 is 17.9 Å². The third-order valence-electron chi connectivity index (χ3n) is 4.98. The first-order chi connectivity index (χ1) is 10.8. The fourth-order valence-corrected chi connectivity index (χ4v) is 3.64. The van der Waals surface area contributed by atoms with Crippen LogP contribution in [-0.2, 0) is 28.6 Å². The largest absolute Gasteiger partial charge is 0.469 e. The molecule has 0 bridgehead atoms. The summed E-state index contributed by atoms with van der Waals surface area (Å²) in [5.41, 5.74) is 1.40. The van der Waals surface area contributed by atoms with Crippen molar-refractivity contribution in [3.05, 3.63) is 22.8 Å². The molecule has 126 valence electrons. The molecule has 0 unspecified atom stereocenters. The summed E-state index contributed by atoms with van der Waals surface area (Å²) in [7, 11) is 3.87. The highest BCUT2D eigenvalue weighted by molar-refractivity contribution is 6.01. The third-order valence-corrected chi connectivity index (χ3v) is 4.98. The van der Waals surface area contributed by atoms with Crippen LogP contribution in [0.25, 0.3) is 0 Å². The highest BCUT2D eigenvalue weighted by atomic mass is 16.5. The number of carbonyl (C=O) groups excluding carboxylic acids is 3. The Labute approximate surface area is 135 Å². The standard InChI is InChI=1S/C17H22O6/c1-9-6-11(14(18)21-3)10(2)13-8-17(7-12(9)13,15(19)22-4)16(20)23-5/h6,10-11H,7-8H2,1-5H3/t10-,11+/m1/s1. The van der Waals surface area contributed by atoms with Crippen LogP contribution in [0.5, 0.6) is 0 Å². The van der Waals surface area contributed by atoms with Gasteiger partial charge in [-0.2, -0.15) is 0 Å². The molecule has 6 nitrogen and oxygen atoms in total. The lowest BCUT2D eigenvalue weighted by Gasteiger charge is -2.27. The minimum Gasteiger partial charge on any atom is -0.469 e. The molecule has 0 spiro atoms. The molecule has 2 aliphatic carbocycles. The Hall–Kier alpha value is -2.11. The number of hydrogen-bond donors (Lipinski definition) is 0. The van der Waals surface area contributed by atoms with Crippen molar-refractivity contribution in [2.75, 3.05) is 21.3 Å². The van der Waals surface area contributed by atoms with E-state index in [0.717, 1.165) is 16.7 Å². The van der Waals surface area contributed by atoms with Gasteiger partial charge in [-0.25, -0.2) is 0 Å². The number of rotatable bonds is 3. The van der Waals surface area contributed by atoms with E-state index in [0.29, 0.717) is 0 Å². The van der Waals surface area contributed by atoms with Gasteiger partial charge < -0.3 is 14.2 Å². The maximum Gasteiger partial charge on any atom is 0.323 e. The van der Waals surface area contributed by atoms with Crippen LogP contribution in [-0.4, -0.2) is 39.2 Å². The van der Waals surface area contributed by atoms with Crippen LogP contribution in [0.15, 0.2) is 22.8 Å². The van der Waals surface area contributed by atoms with Crippen molar-refractivity contribution in [3.63, 3.8) is 0 Å². The summed E-state index contributed by atoms with van der Waals surface area (Å²) in [5, 5.41) is 0. The molecule has 0 aliphatic heterocycles. The number of carbonyl (C=O) groups is 3. The van der Waals surface area contributed by atoms with Crippen molar-refractivity contribution in [2.24, 2.45) is 17.3 Å². The highest BCUT2D eigenvalue weighted by Gasteiger charge is 2.55. The fourth-order valence-electron chi connectivity index (χ4n) is 3.64. The zero-order valence-electron chi connectivity index (χ0n) is 14.1. The molecule has 2 atom stereocenters. The van der Waals surface area contributed by atoms with Crippen molar-refractivity contribution in [2.45, 2.75) is 26.7 Å². The molecule has 0 aromatic carbocycles. The maximum atomic E-state index is 12.3. The van der Waals surface area contributed by atoms with Crippen LogP contribution in [0.4, 0.5) is 0 Å². The minimum absolute atomic E-state index is 0.141. The van der Waals surface area contributed by atoms with Crippen molar-refractivity contribution in [1.29, 1.82) is 0 Å². The summed E-state index contributed by atoms with van der Waals surface area (Å²) < 4.78 is 14.6. The van der Waals surface area contributed by atoms with Gasteiger partial charge in [0.15, 0.2) is 5.41 Å². The molecular formula is C17H22O6. The SMILES string of the molecule is COC(=O)[C@H]1C=C(C)C2=C(CC(C(=O)OC)(C(=O)OC)C2)[C@@H]1C. The van der Waals surface area contributed by atoms with E-state index in [4.69, 9.17) is 14.2 Å². The summed E-state index contributed by atoms with van der Waals surface area (Å²) in [6, 6.07) is 0. The van der Waals surface area contributed by atoms with Gasteiger partial charge in [0, 0.05) is 0 Å². The Kier molecular flexibility index (Phi) is 4.63. The number of allylic oxidation sites excluding steroid dienone is 3. The molecule has 0 N–H and O–H groups in total. The van der Waals surface area contributed by atoms with Gasteiger partial charge in [0.1, 0.15) is 0 Å². The minimum atomic E-state index is -1.36. The van der Waals surface area contributed by atoms with Crippen LogP contribution in [0.2, 0.25) is 0 Å². The molecule has 23 heavy (non-hydrogen) atoms. The van der Waals surface area contributed by atoms with Gasteiger partial charge in [0.25, 0.3) is 0 Å². The zero-order chi connectivity index (χ0) is 17.4. The summed E-state index contributed by atoms with van der Waals surface area (Å²) in [4.78, 5) is 36.6. The molecular weight excluding hydrogens is 300 g/mol. The van der Waals surface area contributed by atoms with Gasteiger partial charge in [-0.15, -0.1) is 0 Å². The molecule has 2 rings (SSSR count). The van der Waals surface area contributed by atoms with Gasteiger partial charge in [0.2, 0.25) is 0 Å². The summed E-state index contributed by atoms with van der Waals surface area (Å²) in [6.45, 7) is 3.78. The molecule has 6 heteroatoms. The van der Waals surface area contributed by atoms with Gasteiger partial charge in [0.05, 0.1) is 27.2 Å². The van der Waals surface area contributed by atoms with E-state index in [1.165, 1.54) is 21.3 Å². The molecule has 0 fully saturated rings. The topological polar surface area (TPSA) is 78.9 Å². The molecule has 0 aromatic rings. The quantitative estimate of drug-likeness (QED) is 0.448. The zero-order valence-corrected chi connectivity index (χ0v) is 14.1. The number of esters is 3. The molecule has 0 aromatic heterocycles. The number of ether oxygens (including phenoxy) is 3. The summed E-state index contributed by atoms with van der Waals surface area (Å²) >= 11 is 0. The van der Waals surface area contributed by atoms with Crippen LogP contribution < -0.4 is 0 Å². The van der Waals surface area contributed by atoms with E-state index in [-0.39, 0.29) is 24.7 Å². The molecule has 0 saturated heterocycles. The number of hydrogen-bond acceptors (Lipinski definition) is 6. The Morgan fingerprint density at radius 3 is 2.09 bits per heavy atom. The van der Waals surface area contributed by atoms with E-state index in [2.05, 4.69) is 0 Å². The molecule has 0 amide bonds. The first-order valence-corrected chi connectivity index (χ1v) is 7.47. The van der Waals surface area contributed by atoms with E-state index in [1.807, 2.05) is 19.9 Å². The lowest BCUT2D eigenvalue weighted by atomic mass is 9.78. The Morgan fingerprint density at radius 2 is 1.61 bits per heavy atom. The van der Waals surface area contributed by atoms with Crippen molar-refractivity contribution in [1.82, 2.24) is 0 Å².